The van der Waals surface area contributed by atoms with Gasteiger partial charge in [-0.05, 0) is 64.1 Å². The summed E-state index contributed by atoms with van der Waals surface area (Å²) in [5, 5.41) is 9.70. The summed E-state index contributed by atoms with van der Waals surface area (Å²) in [6.07, 6.45) is 5.05. The van der Waals surface area contributed by atoms with Gasteiger partial charge in [0, 0.05) is 50.4 Å². The standard InChI is InChI=1S/C22H31N5O/c1-16-12-17(2)24-21(19(16)13-23)27-11-10-25(3)22(15-27)7-6-20(28)26(9-8-22)14-18-4-5-18/h12,18H,4-11,14-15H2,1-3H3/t22-/m1/s1. The predicted molar refractivity (Wildman–Crippen MR) is 109 cm³/mol. The number of nitrogens with zero attached hydrogens (tertiary/aromatic N) is 5. The van der Waals surface area contributed by atoms with E-state index in [0.29, 0.717) is 17.9 Å². The fraction of sp³-hybridized carbons (Fsp3) is 0.682. The Kier molecular flexibility index (Phi) is 5.05. The van der Waals surface area contributed by atoms with Gasteiger partial charge >= 0.3 is 0 Å². The number of amides is 1. The van der Waals surface area contributed by atoms with Crippen LogP contribution in [0.5, 0.6) is 0 Å². The van der Waals surface area contributed by atoms with Crippen molar-refractivity contribution in [2.45, 2.75) is 51.5 Å². The summed E-state index contributed by atoms with van der Waals surface area (Å²) in [5.74, 6) is 1.87. The molecule has 0 N–H and O–H groups in total. The van der Waals surface area contributed by atoms with E-state index in [1.165, 1.54) is 12.8 Å². The molecule has 1 atom stereocenters. The number of likely N-dealkylation sites (N-methyl/N-ethyl adjacent to an activating group) is 1. The monoisotopic (exact) mass is 381 g/mol. The Bertz CT molecular complexity index is 812. The molecule has 1 spiro atoms. The Hall–Kier alpha value is -2.13. The lowest BCUT2D eigenvalue weighted by Gasteiger charge is -2.50. The highest BCUT2D eigenvalue weighted by molar-refractivity contribution is 5.76. The van der Waals surface area contributed by atoms with Gasteiger partial charge in [-0.25, -0.2) is 4.98 Å². The van der Waals surface area contributed by atoms with E-state index < -0.39 is 0 Å². The molecule has 3 aliphatic rings. The van der Waals surface area contributed by atoms with Crippen LogP contribution in [0.2, 0.25) is 0 Å². The normalized spacial score (nSPS) is 26.4. The van der Waals surface area contributed by atoms with Gasteiger partial charge in [0.2, 0.25) is 5.91 Å². The number of rotatable bonds is 3. The van der Waals surface area contributed by atoms with E-state index in [0.717, 1.165) is 68.6 Å². The number of pyridine rings is 1. The highest BCUT2D eigenvalue weighted by Gasteiger charge is 2.43. The zero-order valence-electron chi connectivity index (χ0n) is 17.4. The van der Waals surface area contributed by atoms with Gasteiger partial charge in [0.05, 0.1) is 5.56 Å². The Balaban J connectivity index is 1.58. The van der Waals surface area contributed by atoms with E-state index in [1.807, 2.05) is 19.9 Å². The molecule has 0 bridgehead atoms. The largest absolute Gasteiger partial charge is 0.352 e. The molecule has 1 amide bonds. The molecule has 1 aromatic heterocycles. The molecule has 28 heavy (non-hydrogen) atoms. The number of hydrogen-bond acceptors (Lipinski definition) is 5. The number of carbonyl (C=O) groups excluding carboxylic acids is 1. The number of likely N-dealkylation sites (tertiary alicyclic amines) is 1. The molecule has 6 heteroatoms. The third-order valence-electron chi connectivity index (χ3n) is 6.92. The Labute approximate surface area is 168 Å². The van der Waals surface area contributed by atoms with Gasteiger partial charge in [-0.3, -0.25) is 9.69 Å². The van der Waals surface area contributed by atoms with Crippen molar-refractivity contribution in [2.75, 3.05) is 44.7 Å². The van der Waals surface area contributed by atoms with Gasteiger partial charge in [-0.15, -0.1) is 0 Å². The molecule has 1 aromatic rings. The van der Waals surface area contributed by atoms with E-state index in [4.69, 9.17) is 4.98 Å². The molecule has 1 aliphatic carbocycles. The molecule has 1 saturated carbocycles. The first kappa shape index (κ1) is 19.2. The number of carbonyl (C=O) groups is 1. The first-order valence-electron chi connectivity index (χ1n) is 10.5. The van der Waals surface area contributed by atoms with Crippen molar-refractivity contribution in [3.05, 3.63) is 22.9 Å². The highest BCUT2D eigenvalue weighted by Crippen LogP contribution is 2.36. The third-order valence-corrected chi connectivity index (χ3v) is 6.92. The van der Waals surface area contributed by atoms with Crippen molar-refractivity contribution < 1.29 is 4.79 Å². The second kappa shape index (κ2) is 7.36. The van der Waals surface area contributed by atoms with Crippen molar-refractivity contribution in [3.63, 3.8) is 0 Å². The molecule has 3 heterocycles. The van der Waals surface area contributed by atoms with Crippen LogP contribution in [0.4, 0.5) is 5.82 Å². The summed E-state index contributed by atoms with van der Waals surface area (Å²) >= 11 is 0. The van der Waals surface area contributed by atoms with Crippen LogP contribution in [0.3, 0.4) is 0 Å². The topological polar surface area (TPSA) is 63.5 Å². The fourth-order valence-electron chi connectivity index (χ4n) is 4.86. The minimum Gasteiger partial charge on any atom is -0.352 e. The number of anilines is 1. The van der Waals surface area contributed by atoms with Crippen molar-refractivity contribution in [3.8, 4) is 6.07 Å². The van der Waals surface area contributed by atoms with Gasteiger partial charge in [-0.1, -0.05) is 0 Å². The average Bonchev–Trinajstić information content (AvgIpc) is 3.49. The molecule has 150 valence electrons. The summed E-state index contributed by atoms with van der Waals surface area (Å²) in [7, 11) is 2.19. The van der Waals surface area contributed by atoms with Crippen LogP contribution >= 0.6 is 0 Å². The maximum absolute atomic E-state index is 12.7. The Morgan fingerprint density at radius 1 is 1.25 bits per heavy atom. The van der Waals surface area contributed by atoms with Gasteiger partial charge in [0.1, 0.15) is 11.9 Å². The maximum atomic E-state index is 12.7. The molecule has 4 rings (SSSR count). The van der Waals surface area contributed by atoms with Crippen LogP contribution in [0, 0.1) is 31.1 Å². The van der Waals surface area contributed by atoms with Crippen LogP contribution in [0.25, 0.3) is 0 Å². The minimum absolute atomic E-state index is 0.0295. The summed E-state index contributed by atoms with van der Waals surface area (Å²) in [4.78, 5) is 24.3. The molecule has 0 radical (unpaired) electrons. The molecule has 0 unspecified atom stereocenters. The lowest BCUT2D eigenvalue weighted by atomic mass is 9.86. The number of aryl methyl sites for hydroxylation is 2. The van der Waals surface area contributed by atoms with Crippen LogP contribution < -0.4 is 4.90 Å². The number of piperazine rings is 1. The van der Waals surface area contributed by atoms with Gasteiger partial charge in [0.25, 0.3) is 0 Å². The number of nitriles is 1. The van der Waals surface area contributed by atoms with Gasteiger partial charge < -0.3 is 9.80 Å². The lowest BCUT2D eigenvalue weighted by Crippen LogP contribution is -2.61. The summed E-state index contributed by atoms with van der Waals surface area (Å²) < 4.78 is 0. The van der Waals surface area contributed by atoms with Gasteiger partial charge in [0.15, 0.2) is 0 Å². The highest BCUT2D eigenvalue weighted by atomic mass is 16.2. The summed E-state index contributed by atoms with van der Waals surface area (Å²) in [5.41, 5.74) is 2.60. The molecular formula is C22H31N5O. The second-order valence-corrected chi connectivity index (χ2v) is 8.99. The quantitative estimate of drug-likeness (QED) is 0.805. The maximum Gasteiger partial charge on any atom is 0.222 e. The van der Waals surface area contributed by atoms with E-state index in [9.17, 15) is 10.1 Å². The fourth-order valence-corrected chi connectivity index (χ4v) is 4.86. The van der Waals surface area contributed by atoms with Crippen LogP contribution in [0.15, 0.2) is 6.07 Å². The molecular weight excluding hydrogens is 350 g/mol. The van der Waals surface area contributed by atoms with Crippen molar-refractivity contribution in [2.24, 2.45) is 5.92 Å². The first-order valence-corrected chi connectivity index (χ1v) is 10.5. The SMILES string of the molecule is Cc1cc(C)c(C#N)c(N2CCN(C)[C@@]3(CCC(=O)N(CC4CC4)CC3)C2)n1. The van der Waals surface area contributed by atoms with Crippen LogP contribution in [-0.4, -0.2) is 66.0 Å². The third kappa shape index (κ3) is 3.60. The summed E-state index contributed by atoms with van der Waals surface area (Å²) in [6.45, 7) is 8.39. The summed E-state index contributed by atoms with van der Waals surface area (Å²) in [6, 6.07) is 4.35. The van der Waals surface area contributed by atoms with Crippen molar-refractivity contribution >= 4 is 11.7 Å². The van der Waals surface area contributed by atoms with Crippen LogP contribution in [-0.2, 0) is 4.79 Å². The molecule has 0 aromatic carbocycles. The zero-order chi connectivity index (χ0) is 19.9. The Morgan fingerprint density at radius 2 is 2.04 bits per heavy atom. The zero-order valence-corrected chi connectivity index (χ0v) is 17.4. The molecule has 3 fully saturated rings. The predicted octanol–water partition coefficient (Wildman–Crippen LogP) is 2.48. The molecule has 2 aliphatic heterocycles. The molecule has 6 nitrogen and oxygen atoms in total. The van der Waals surface area contributed by atoms with E-state index >= 15 is 0 Å². The minimum atomic E-state index is -0.0295. The van der Waals surface area contributed by atoms with Crippen molar-refractivity contribution in [1.82, 2.24) is 14.8 Å². The Morgan fingerprint density at radius 3 is 2.75 bits per heavy atom. The smallest absolute Gasteiger partial charge is 0.222 e. The van der Waals surface area contributed by atoms with Crippen LogP contribution in [0.1, 0.15) is 48.9 Å². The number of hydrogen-bond donors (Lipinski definition) is 0. The average molecular weight is 382 g/mol. The van der Waals surface area contributed by atoms with E-state index in [2.05, 4.69) is 27.8 Å². The van der Waals surface area contributed by atoms with E-state index in [-0.39, 0.29) is 5.54 Å². The molecule has 2 saturated heterocycles. The number of aromatic nitrogens is 1. The lowest BCUT2D eigenvalue weighted by molar-refractivity contribution is -0.130. The van der Waals surface area contributed by atoms with Crippen molar-refractivity contribution in [1.29, 1.82) is 5.26 Å². The first-order chi connectivity index (χ1) is 13.4. The van der Waals surface area contributed by atoms with Gasteiger partial charge in [-0.2, -0.15) is 5.26 Å². The van der Waals surface area contributed by atoms with E-state index in [1.54, 1.807) is 0 Å². The second-order valence-electron chi connectivity index (χ2n) is 8.99.